The van der Waals surface area contributed by atoms with Crippen LogP contribution in [0.5, 0.6) is 0 Å². The minimum absolute atomic E-state index is 0.0311. The van der Waals surface area contributed by atoms with Crippen molar-refractivity contribution in [2.24, 2.45) is 0 Å². The van der Waals surface area contributed by atoms with Gasteiger partial charge in [-0.15, -0.1) is 0 Å². The van der Waals surface area contributed by atoms with Gasteiger partial charge in [0.15, 0.2) is 6.29 Å². The Labute approximate surface area is 153 Å². The van der Waals surface area contributed by atoms with Gasteiger partial charge >= 0.3 is 5.97 Å². The first-order valence-electron chi connectivity index (χ1n) is 8.92. The summed E-state index contributed by atoms with van der Waals surface area (Å²) in [4.78, 5) is 12.3. The van der Waals surface area contributed by atoms with Crippen LogP contribution in [-0.4, -0.2) is 17.7 Å². The predicted octanol–water partition coefficient (Wildman–Crippen LogP) is 4.77. The number of benzene rings is 2. The van der Waals surface area contributed by atoms with Gasteiger partial charge in [-0.05, 0) is 24.1 Å². The van der Waals surface area contributed by atoms with Gasteiger partial charge in [0.1, 0.15) is 5.82 Å². The maximum atomic E-state index is 13.7. The van der Waals surface area contributed by atoms with Crippen molar-refractivity contribution < 1.29 is 23.8 Å². The highest BCUT2D eigenvalue weighted by Crippen LogP contribution is 2.21. The van der Waals surface area contributed by atoms with Gasteiger partial charge in [0.25, 0.3) is 0 Å². The maximum Gasteiger partial charge on any atom is 0.338 e. The molecule has 0 aliphatic heterocycles. The average molecular weight is 360 g/mol. The number of unbranched alkanes of at least 4 members (excludes halogenated alkanes) is 3. The molecular weight excluding hydrogens is 335 g/mol. The molecule has 140 valence electrons. The Balaban J connectivity index is 1.93. The Hall–Kier alpha value is -2.24. The molecule has 26 heavy (non-hydrogen) atoms. The molecule has 0 fully saturated rings. The summed E-state index contributed by atoms with van der Waals surface area (Å²) < 4.78 is 24.3. The Morgan fingerprint density at radius 2 is 1.81 bits per heavy atom. The summed E-state index contributed by atoms with van der Waals surface area (Å²) in [6.07, 6.45) is 2.71. The highest BCUT2D eigenvalue weighted by molar-refractivity contribution is 5.91. The number of ether oxygens (including phenoxy) is 2. The van der Waals surface area contributed by atoms with E-state index >= 15 is 0 Å². The van der Waals surface area contributed by atoms with Crippen LogP contribution >= 0.6 is 0 Å². The summed E-state index contributed by atoms with van der Waals surface area (Å²) in [6, 6.07) is 12.8. The molecule has 0 radical (unpaired) electrons. The molecule has 2 aromatic rings. The first-order chi connectivity index (χ1) is 12.6. The fourth-order valence-electron chi connectivity index (χ4n) is 2.55. The van der Waals surface area contributed by atoms with Gasteiger partial charge in [0.05, 0.1) is 18.8 Å². The van der Waals surface area contributed by atoms with Crippen LogP contribution in [0.2, 0.25) is 0 Å². The van der Waals surface area contributed by atoms with E-state index in [-0.39, 0.29) is 12.2 Å². The summed E-state index contributed by atoms with van der Waals surface area (Å²) in [6.45, 7) is 2.47. The standard InChI is InChI=1S/C21H25FO4/c1-2-3-4-9-14-25-20(23)17-11-6-5-10-16(17)15-26-21(24)18-12-7-8-13-19(18)22/h5-8,10-13,21,24H,2-4,9,14-15H2,1H3. The molecule has 2 aromatic carbocycles. The number of aliphatic hydroxyl groups excluding tert-OH is 1. The number of aliphatic hydroxyl groups is 1. The molecule has 0 heterocycles. The molecule has 0 spiro atoms. The largest absolute Gasteiger partial charge is 0.462 e. The minimum atomic E-state index is -1.41. The molecule has 2 rings (SSSR count). The first-order valence-corrected chi connectivity index (χ1v) is 8.92. The van der Waals surface area contributed by atoms with E-state index in [4.69, 9.17) is 9.47 Å². The Bertz CT molecular complexity index is 702. The summed E-state index contributed by atoms with van der Waals surface area (Å²) in [5.41, 5.74) is 1.04. The smallest absolute Gasteiger partial charge is 0.338 e. The second-order valence-electron chi connectivity index (χ2n) is 6.04. The maximum absolute atomic E-state index is 13.7. The third-order valence-corrected chi connectivity index (χ3v) is 4.04. The molecule has 0 amide bonds. The van der Waals surface area contributed by atoms with Crippen molar-refractivity contribution >= 4 is 5.97 Å². The van der Waals surface area contributed by atoms with Crippen LogP contribution in [-0.2, 0) is 16.1 Å². The number of hydrogen-bond acceptors (Lipinski definition) is 4. The van der Waals surface area contributed by atoms with E-state index in [1.165, 1.54) is 18.2 Å². The lowest BCUT2D eigenvalue weighted by atomic mass is 10.1. The Morgan fingerprint density at radius 3 is 2.58 bits per heavy atom. The average Bonchev–Trinajstić information content (AvgIpc) is 2.66. The number of rotatable bonds is 10. The molecule has 1 unspecified atom stereocenters. The lowest BCUT2D eigenvalue weighted by molar-refractivity contribution is -0.113. The van der Waals surface area contributed by atoms with Crippen LogP contribution in [0.1, 0.15) is 60.4 Å². The Morgan fingerprint density at radius 1 is 1.08 bits per heavy atom. The highest BCUT2D eigenvalue weighted by Gasteiger charge is 2.16. The topological polar surface area (TPSA) is 55.8 Å². The number of carbonyl (C=O) groups excluding carboxylic acids is 1. The molecule has 4 nitrogen and oxygen atoms in total. The molecule has 0 saturated heterocycles. The van der Waals surface area contributed by atoms with Crippen LogP contribution in [0, 0.1) is 5.82 Å². The second-order valence-corrected chi connectivity index (χ2v) is 6.04. The summed E-state index contributed by atoms with van der Waals surface area (Å²) in [7, 11) is 0. The molecule has 0 saturated carbocycles. The van der Waals surface area contributed by atoms with Gasteiger partial charge in [-0.2, -0.15) is 0 Å². The van der Waals surface area contributed by atoms with Crippen molar-refractivity contribution in [2.75, 3.05) is 6.61 Å². The van der Waals surface area contributed by atoms with Crippen LogP contribution < -0.4 is 0 Å². The van der Waals surface area contributed by atoms with Crippen molar-refractivity contribution in [3.05, 3.63) is 71.0 Å². The fraction of sp³-hybridized carbons (Fsp3) is 0.381. The zero-order chi connectivity index (χ0) is 18.8. The summed E-state index contributed by atoms with van der Waals surface area (Å²) >= 11 is 0. The molecule has 5 heteroatoms. The lowest BCUT2D eigenvalue weighted by Gasteiger charge is -2.15. The third kappa shape index (κ3) is 5.93. The molecule has 0 aliphatic rings. The first kappa shape index (κ1) is 20.1. The van der Waals surface area contributed by atoms with Crippen LogP contribution in [0.25, 0.3) is 0 Å². The molecule has 1 N–H and O–H groups in total. The van der Waals surface area contributed by atoms with Gasteiger partial charge in [-0.1, -0.05) is 62.6 Å². The van der Waals surface area contributed by atoms with Crippen molar-refractivity contribution in [3.8, 4) is 0 Å². The number of halogens is 1. The molecule has 0 bridgehead atoms. The van der Waals surface area contributed by atoms with E-state index in [1.807, 2.05) is 0 Å². The summed E-state index contributed by atoms with van der Waals surface area (Å²) in [5.74, 6) is -0.958. The van der Waals surface area contributed by atoms with Gasteiger partial charge in [0.2, 0.25) is 0 Å². The van der Waals surface area contributed by atoms with E-state index in [9.17, 15) is 14.3 Å². The predicted molar refractivity (Wildman–Crippen MR) is 97.0 cm³/mol. The minimum Gasteiger partial charge on any atom is -0.462 e. The summed E-state index contributed by atoms with van der Waals surface area (Å²) in [5, 5.41) is 10.0. The van der Waals surface area contributed by atoms with Gasteiger partial charge in [-0.3, -0.25) is 0 Å². The van der Waals surface area contributed by atoms with Crippen LogP contribution in [0.3, 0.4) is 0 Å². The zero-order valence-electron chi connectivity index (χ0n) is 15.0. The lowest BCUT2D eigenvalue weighted by Crippen LogP contribution is -2.12. The van der Waals surface area contributed by atoms with E-state index in [2.05, 4.69) is 6.92 Å². The van der Waals surface area contributed by atoms with Gasteiger partial charge in [-0.25, -0.2) is 9.18 Å². The third-order valence-electron chi connectivity index (χ3n) is 4.04. The van der Waals surface area contributed by atoms with E-state index in [0.717, 1.165) is 25.7 Å². The van der Waals surface area contributed by atoms with E-state index < -0.39 is 18.1 Å². The zero-order valence-corrected chi connectivity index (χ0v) is 15.0. The molecule has 0 aromatic heterocycles. The van der Waals surface area contributed by atoms with E-state index in [1.54, 1.807) is 30.3 Å². The molecular formula is C21H25FO4. The Kier molecular flexibility index (Phi) is 8.25. The normalized spacial score (nSPS) is 12.0. The SMILES string of the molecule is CCCCCCOC(=O)c1ccccc1COC(O)c1ccccc1F. The van der Waals surface area contributed by atoms with Crippen molar-refractivity contribution in [1.29, 1.82) is 0 Å². The quantitative estimate of drug-likeness (QED) is 0.377. The molecule has 0 aliphatic carbocycles. The van der Waals surface area contributed by atoms with Crippen molar-refractivity contribution in [3.63, 3.8) is 0 Å². The number of esters is 1. The molecule has 1 atom stereocenters. The van der Waals surface area contributed by atoms with Gasteiger partial charge < -0.3 is 14.6 Å². The second kappa shape index (κ2) is 10.7. The van der Waals surface area contributed by atoms with Crippen LogP contribution in [0.4, 0.5) is 4.39 Å². The van der Waals surface area contributed by atoms with Gasteiger partial charge in [0, 0.05) is 5.56 Å². The monoisotopic (exact) mass is 360 g/mol. The fourth-order valence-corrected chi connectivity index (χ4v) is 2.55. The van der Waals surface area contributed by atoms with Crippen molar-refractivity contribution in [1.82, 2.24) is 0 Å². The van der Waals surface area contributed by atoms with E-state index in [0.29, 0.717) is 17.7 Å². The van der Waals surface area contributed by atoms with Crippen molar-refractivity contribution in [2.45, 2.75) is 45.5 Å². The number of hydrogen-bond donors (Lipinski definition) is 1. The highest BCUT2D eigenvalue weighted by atomic mass is 19.1. The number of carbonyl (C=O) groups is 1. The van der Waals surface area contributed by atoms with Crippen LogP contribution in [0.15, 0.2) is 48.5 Å².